The number of rotatable bonds is 8. The molecule has 2 aliphatic carbocycles. The normalized spacial score (nSPS) is 32.4. The number of unbranched alkanes of at least 4 members (excludes halogenated alkanes) is 6. The van der Waals surface area contributed by atoms with Gasteiger partial charge in [-0.25, -0.2) is 0 Å². The fourth-order valence-corrected chi connectivity index (χ4v) is 4.09. The van der Waals surface area contributed by atoms with E-state index in [4.69, 9.17) is 0 Å². The van der Waals surface area contributed by atoms with Crippen LogP contribution in [0.25, 0.3) is 0 Å². The highest BCUT2D eigenvalue weighted by Crippen LogP contribution is 2.49. The summed E-state index contributed by atoms with van der Waals surface area (Å²) in [5, 5.41) is 0. The Hall–Kier alpha value is 0. The van der Waals surface area contributed by atoms with Crippen molar-refractivity contribution in [1.82, 2.24) is 0 Å². The second-order valence-corrected chi connectivity index (χ2v) is 6.34. The Bertz CT molecular complexity index is 184. The summed E-state index contributed by atoms with van der Waals surface area (Å²) in [4.78, 5) is 0. The summed E-state index contributed by atoms with van der Waals surface area (Å²) < 4.78 is 0. The minimum atomic E-state index is 1.15. The van der Waals surface area contributed by atoms with Gasteiger partial charge in [0.25, 0.3) is 0 Å². The van der Waals surface area contributed by atoms with Gasteiger partial charge in [-0.05, 0) is 37.0 Å². The van der Waals surface area contributed by atoms with Crippen molar-refractivity contribution in [2.45, 2.75) is 84.0 Å². The van der Waals surface area contributed by atoms with Crippen molar-refractivity contribution in [3.8, 4) is 0 Å². The van der Waals surface area contributed by atoms with Gasteiger partial charge in [0, 0.05) is 0 Å². The van der Waals surface area contributed by atoms with Gasteiger partial charge < -0.3 is 0 Å². The summed E-state index contributed by atoms with van der Waals surface area (Å²) in [5.74, 6) is 3.46. The summed E-state index contributed by atoms with van der Waals surface area (Å²) >= 11 is 0. The van der Waals surface area contributed by atoms with Crippen LogP contribution in [0.15, 0.2) is 0 Å². The third kappa shape index (κ3) is 3.50. The average molecular weight is 222 g/mol. The largest absolute Gasteiger partial charge is 0.0654 e. The zero-order valence-electron chi connectivity index (χ0n) is 11.2. The Morgan fingerprint density at radius 3 is 2.19 bits per heavy atom. The van der Waals surface area contributed by atoms with Crippen LogP contribution in [0.4, 0.5) is 0 Å². The minimum absolute atomic E-state index is 1.15. The molecule has 0 N–H and O–H groups in total. The van der Waals surface area contributed by atoms with Gasteiger partial charge in [0.2, 0.25) is 0 Å². The van der Waals surface area contributed by atoms with Gasteiger partial charge in [-0.1, -0.05) is 64.7 Å². The van der Waals surface area contributed by atoms with Gasteiger partial charge in [-0.2, -0.15) is 0 Å². The van der Waals surface area contributed by atoms with Crippen molar-refractivity contribution in [1.29, 1.82) is 0 Å². The lowest BCUT2D eigenvalue weighted by molar-refractivity contribution is 0.304. The first-order chi connectivity index (χ1) is 7.90. The molecule has 0 nitrogen and oxygen atoms in total. The van der Waals surface area contributed by atoms with Gasteiger partial charge in [0.1, 0.15) is 0 Å². The smallest absolute Gasteiger partial charge is 0.0383 e. The lowest BCUT2D eigenvalue weighted by Crippen LogP contribution is -2.09. The molecule has 2 aliphatic rings. The molecule has 0 aliphatic heterocycles. The molecule has 3 unspecified atom stereocenters. The number of hydrogen-bond donors (Lipinski definition) is 0. The topological polar surface area (TPSA) is 0 Å². The van der Waals surface area contributed by atoms with Crippen molar-refractivity contribution < 1.29 is 0 Å². The molecule has 94 valence electrons. The first-order valence-corrected chi connectivity index (χ1v) is 7.90. The number of fused-ring (bicyclic) bond motifs is 2. The SMILES string of the molecule is CCCCCCCCCC1CC2CCC1C2. The van der Waals surface area contributed by atoms with Crippen molar-refractivity contribution in [3.05, 3.63) is 0 Å². The lowest BCUT2D eigenvalue weighted by Gasteiger charge is -2.21. The molecule has 2 bridgehead atoms. The molecule has 0 heteroatoms. The van der Waals surface area contributed by atoms with Crippen LogP contribution in [0, 0.1) is 17.8 Å². The second-order valence-electron chi connectivity index (χ2n) is 6.34. The van der Waals surface area contributed by atoms with Crippen molar-refractivity contribution in [2.24, 2.45) is 17.8 Å². The molecule has 16 heavy (non-hydrogen) atoms. The Kier molecular flexibility index (Phi) is 5.19. The Labute approximate surface area is 102 Å². The van der Waals surface area contributed by atoms with E-state index < -0.39 is 0 Å². The van der Waals surface area contributed by atoms with Crippen LogP contribution in [0.1, 0.15) is 84.0 Å². The third-order valence-electron chi connectivity index (χ3n) is 5.06. The molecule has 3 atom stereocenters. The van der Waals surface area contributed by atoms with Crippen LogP contribution < -0.4 is 0 Å². The first-order valence-electron chi connectivity index (χ1n) is 7.90. The summed E-state index contributed by atoms with van der Waals surface area (Å²) in [5.41, 5.74) is 0. The van der Waals surface area contributed by atoms with Gasteiger partial charge in [0.15, 0.2) is 0 Å². The molecule has 2 saturated carbocycles. The van der Waals surface area contributed by atoms with E-state index in [-0.39, 0.29) is 0 Å². The van der Waals surface area contributed by atoms with Gasteiger partial charge in [-0.15, -0.1) is 0 Å². The highest BCUT2D eigenvalue weighted by atomic mass is 14.4. The number of hydrogen-bond acceptors (Lipinski definition) is 0. The Morgan fingerprint density at radius 1 is 0.812 bits per heavy atom. The zero-order valence-corrected chi connectivity index (χ0v) is 11.2. The van der Waals surface area contributed by atoms with E-state index >= 15 is 0 Å². The molecule has 2 fully saturated rings. The van der Waals surface area contributed by atoms with Gasteiger partial charge >= 0.3 is 0 Å². The van der Waals surface area contributed by atoms with Crippen LogP contribution in [-0.2, 0) is 0 Å². The van der Waals surface area contributed by atoms with E-state index in [0.717, 1.165) is 17.8 Å². The fraction of sp³-hybridized carbons (Fsp3) is 1.00. The zero-order chi connectivity index (χ0) is 11.2. The summed E-state index contributed by atoms with van der Waals surface area (Å²) in [6, 6.07) is 0. The van der Waals surface area contributed by atoms with E-state index in [1.54, 1.807) is 32.1 Å². The molecule has 0 heterocycles. The molecule has 0 radical (unpaired) electrons. The molecule has 2 rings (SSSR count). The molecular formula is C16H30. The van der Waals surface area contributed by atoms with Crippen LogP contribution in [0.2, 0.25) is 0 Å². The molecule has 0 saturated heterocycles. The van der Waals surface area contributed by atoms with E-state index in [0.29, 0.717) is 0 Å². The minimum Gasteiger partial charge on any atom is -0.0654 e. The summed E-state index contributed by atoms with van der Waals surface area (Å²) in [6.45, 7) is 2.30. The third-order valence-corrected chi connectivity index (χ3v) is 5.06. The van der Waals surface area contributed by atoms with Crippen LogP contribution >= 0.6 is 0 Å². The maximum absolute atomic E-state index is 2.30. The fourth-order valence-electron chi connectivity index (χ4n) is 4.09. The maximum Gasteiger partial charge on any atom is -0.0383 e. The Morgan fingerprint density at radius 2 is 1.56 bits per heavy atom. The molecule has 0 aromatic rings. The highest BCUT2D eigenvalue weighted by Gasteiger charge is 2.38. The molecule has 0 amide bonds. The summed E-state index contributed by atoms with van der Waals surface area (Å²) in [6.07, 6.45) is 18.2. The average Bonchev–Trinajstić information content (AvgIpc) is 2.90. The van der Waals surface area contributed by atoms with Crippen LogP contribution in [0.5, 0.6) is 0 Å². The van der Waals surface area contributed by atoms with E-state index in [1.807, 2.05) is 0 Å². The monoisotopic (exact) mass is 222 g/mol. The van der Waals surface area contributed by atoms with Crippen molar-refractivity contribution >= 4 is 0 Å². The maximum atomic E-state index is 2.30. The van der Waals surface area contributed by atoms with Crippen molar-refractivity contribution in [2.75, 3.05) is 0 Å². The van der Waals surface area contributed by atoms with Crippen LogP contribution in [0.3, 0.4) is 0 Å². The second kappa shape index (κ2) is 6.67. The Balaban J connectivity index is 1.43. The standard InChI is InChI=1S/C16H30/c1-2-3-4-5-6-7-8-9-15-12-14-10-11-16(15)13-14/h14-16H,2-13H2,1H3. The molecular weight excluding hydrogens is 192 g/mol. The summed E-state index contributed by atoms with van der Waals surface area (Å²) in [7, 11) is 0. The van der Waals surface area contributed by atoms with E-state index in [9.17, 15) is 0 Å². The molecule has 0 aromatic heterocycles. The highest BCUT2D eigenvalue weighted by molar-refractivity contribution is 4.89. The first kappa shape index (κ1) is 12.5. The van der Waals surface area contributed by atoms with E-state index in [1.165, 1.54) is 44.9 Å². The van der Waals surface area contributed by atoms with E-state index in [2.05, 4.69) is 6.92 Å². The van der Waals surface area contributed by atoms with Gasteiger partial charge in [-0.3, -0.25) is 0 Å². The molecule has 0 aromatic carbocycles. The lowest BCUT2D eigenvalue weighted by atomic mass is 9.85. The predicted molar refractivity (Wildman–Crippen MR) is 71.5 cm³/mol. The van der Waals surface area contributed by atoms with Gasteiger partial charge in [0.05, 0.1) is 0 Å². The quantitative estimate of drug-likeness (QED) is 0.471. The van der Waals surface area contributed by atoms with Crippen LogP contribution in [-0.4, -0.2) is 0 Å². The van der Waals surface area contributed by atoms with Crippen molar-refractivity contribution in [3.63, 3.8) is 0 Å². The predicted octanol–water partition coefficient (Wildman–Crippen LogP) is 5.56. The molecule has 0 spiro atoms.